The summed E-state index contributed by atoms with van der Waals surface area (Å²) in [6.07, 6.45) is 3.74. The van der Waals surface area contributed by atoms with E-state index in [1.165, 1.54) is 5.69 Å². The van der Waals surface area contributed by atoms with Gasteiger partial charge >= 0.3 is 0 Å². The second-order valence-corrected chi connectivity index (χ2v) is 7.57. The van der Waals surface area contributed by atoms with Crippen molar-refractivity contribution in [2.45, 2.75) is 18.9 Å². The molecular weight excluding hydrogens is 368 g/mol. The lowest BCUT2D eigenvalue weighted by atomic mass is 10.2. The minimum atomic E-state index is -0.212. The summed E-state index contributed by atoms with van der Waals surface area (Å²) in [6.45, 7) is 5.52. The highest BCUT2D eigenvalue weighted by atomic mass is 16.5. The summed E-state index contributed by atoms with van der Waals surface area (Å²) >= 11 is 0. The van der Waals surface area contributed by atoms with Gasteiger partial charge in [0.25, 0.3) is 5.91 Å². The van der Waals surface area contributed by atoms with E-state index in [0.717, 1.165) is 51.3 Å². The van der Waals surface area contributed by atoms with Gasteiger partial charge in [-0.25, -0.2) is 9.97 Å². The van der Waals surface area contributed by atoms with Crippen molar-refractivity contribution in [3.63, 3.8) is 0 Å². The first-order valence-electron chi connectivity index (χ1n) is 10.2. The van der Waals surface area contributed by atoms with Gasteiger partial charge in [0.1, 0.15) is 5.69 Å². The van der Waals surface area contributed by atoms with E-state index >= 15 is 0 Å². The van der Waals surface area contributed by atoms with Crippen molar-refractivity contribution in [3.8, 4) is 0 Å². The highest BCUT2D eigenvalue weighted by Crippen LogP contribution is 2.21. The topological polar surface area (TPSA) is 82.6 Å². The summed E-state index contributed by atoms with van der Waals surface area (Å²) in [7, 11) is 2.15. The van der Waals surface area contributed by atoms with E-state index in [-0.39, 0.29) is 12.0 Å². The van der Waals surface area contributed by atoms with Gasteiger partial charge in [0.05, 0.1) is 6.10 Å². The third-order valence-electron chi connectivity index (χ3n) is 5.39. The average Bonchev–Trinajstić information content (AvgIpc) is 3.27. The largest absolute Gasteiger partial charge is 0.376 e. The van der Waals surface area contributed by atoms with Crippen molar-refractivity contribution in [2.24, 2.45) is 0 Å². The van der Waals surface area contributed by atoms with Crippen molar-refractivity contribution in [1.82, 2.24) is 20.2 Å². The van der Waals surface area contributed by atoms with E-state index in [1.807, 2.05) is 12.1 Å². The predicted molar refractivity (Wildman–Crippen MR) is 113 cm³/mol. The van der Waals surface area contributed by atoms with Crippen LogP contribution in [0.25, 0.3) is 0 Å². The summed E-state index contributed by atoms with van der Waals surface area (Å²) in [5.74, 6) is 0.193. The molecule has 1 unspecified atom stereocenters. The van der Waals surface area contributed by atoms with Crippen LogP contribution in [-0.2, 0) is 4.74 Å². The number of carbonyl (C=O) groups excluding carboxylic acids is 1. The van der Waals surface area contributed by atoms with Crippen LogP contribution in [0.4, 0.5) is 17.3 Å². The lowest BCUT2D eigenvalue weighted by Crippen LogP contribution is -2.44. The lowest BCUT2D eigenvalue weighted by Gasteiger charge is -2.34. The molecule has 0 aliphatic carbocycles. The quantitative estimate of drug-likeness (QED) is 0.771. The molecule has 0 saturated carbocycles. The first kappa shape index (κ1) is 19.6. The standard InChI is InChI=1S/C21H28N6O2/c1-26-10-12-27(13-11-26)17-6-4-16(5-7-17)24-21-22-9-8-19(25-21)20(28)23-15-18-3-2-14-29-18/h4-9,18H,2-3,10-15H2,1H3,(H,23,28)(H,22,24,25). The van der Waals surface area contributed by atoms with Gasteiger partial charge in [-0.3, -0.25) is 4.79 Å². The van der Waals surface area contributed by atoms with Gasteiger partial charge in [-0.05, 0) is 50.2 Å². The van der Waals surface area contributed by atoms with Crippen LogP contribution < -0.4 is 15.5 Å². The maximum atomic E-state index is 12.4. The van der Waals surface area contributed by atoms with Crippen LogP contribution >= 0.6 is 0 Å². The molecule has 2 fully saturated rings. The molecule has 154 valence electrons. The Hall–Kier alpha value is -2.71. The molecule has 2 aromatic rings. The van der Waals surface area contributed by atoms with Crippen LogP contribution in [0.15, 0.2) is 36.5 Å². The van der Waals surface area contributed by atoms with E-state index in [4.69, 9.17) is 4.74 Å². The number of benzene rings is 1. The lowest BCUT2D eigenvalue weighted by molar-refractivity contribution is 0.0853. The van der Waals surface area contributed by atoms with Crippen LogP contribution in [-0.4, -0.2) is 73.3 Å². The normalized spacial score (nSPS) is 19.9. The van der Waals surface area contributed by atoms with Crippen LogP contribution in [0.2, 0.25) is 0 Å². The first-order chi connectivity index (χ1) is 14.2. The number of hydrogen-bond donors (Lipinski definition) is 2. The SMILES string of the molecule is CN1CCN(c2ccc(Nc3nccc(C(=O)NCC4CCCO4)n3)cc2)CC1. The summed E-state index contributed by atoms with van der Waals surface area (Å²) in [5, 5.41) is 6.07. The molecule has 2 aliphatic heterocycles. The van der Waals surface area contributed by atoms with Gasteiger partial charge in [0, 0.05) is 56.9 Å². The molecule has 0 radical (unpaired) electrons. The zero-order chi connectivity index (χ0) is 20.1. The second kappa shape index (κ2) is 9.19. The molecule has 1 aromatic carbocycles. The van der Waals surface area contributed by atoms with E-state index in [1.54, 1.807) is 12.3 Å². The maximum Gasteiger partial charge on any atom is 0.270 e. The summed E-state index contributed by atoms with van der Waals surface area (Å²) < 4.78 is 5.53. The molecule has 8 nitrogen and oxygen atoms in total. The number of rotatable bonds is 6. The van der Waals surface area contributed by atoms with E-state index in [2.05, 4.69) is 49.6 Å². The third kappa shape index (κ3) is 5.21. The molecular formula is C21H28N6O2. The van der Waals surface area contributed by atoms with Crippen molar-refractivity contribution in [3.05, 3.63) is 42.2 Å². The van der Waals surface area contributed by atoms with Crippen LogP contribution in [0.5, 0.6) is 0 Å². The number of amides is 1. The third-order valence-corrected chi connectivity index (χ3v) is 5.39. The molecule has 1 atom stereocenters. The molecule has 0 bridgehead atoms. The van der Waals surface area contributed by atoms with Crippen molar-refractivity contribution in [2.75, 3.05) is 56.6 Å². The number of nitrogens with zero attached hydrogens (tertiary/aromatic N) is 4. The van der Waals surface area contributed by atoms with Crippen molar-refractivity contribution in [1.29, 1.82) is 0 Å². The van der Waals surface area contributed by atoms with Gasteiger partial charge in [-0.2, -0.15) is 0 Å². The molecule has 29 heavy (non-hydrogen) atoms. The molecule has 8 heteroatoms. The number of aromatic nitrogens is 2. The first-order valence-corrected chi connectivity index (χ1v) is 10.2. The molecule has 1 aromatic heterocycles. The van der Waals surface area contributed by atoms with Gasteiger partial charge in [0.15, 0.2) is 0 Å². The second-order valence-electron chi connectivity index (χ2n) is 7.57. The number of nitrogens with one attached hydrogen (secondary N) is 2. The average molecular weight is 396 g/mol. The number of carbonyl (C=O) groups is 1. The van der Waals surface area contributed by atoms with Crippen LogP contribution in [0, 0.1) is 0 Å². The predicted octanol–water partition coefficient (Wildman–Crippen LogP) is 1.88. The summed E-state index contributed by atoms with van der Waals surface area (Å²) in [4.78, 5) is 25.7. The fourth-order valence-electron chi connectivity index (χ4n) is 3.60. The number of ether oxygens (including phenoxy) is 1. The number of likely N-dealkylation sites (N-methyl/N-ethyl adjacent to an activating group) is 1. The van der Waals surface area contributed by atoms with E-state index in [0.29, 0.717) is 18.2 Å². The van der Waals surface area contributed by atoms with E-state index < -0.39 is 0 Å². The highest BCUT2D eigenvalue weighted by Gasteiger charge is 2.17. The van der Waals surface area contributed by atoms with E-state index in [9.17, 15) is 4.79 Å². The molecule has 3 heterocycles. The zero-order valence-electron chi connectivity index (χ0n) is 16.8. The van der Waals surface area contributed by atoms with Crippen molar-refractivity contribution >= 4 is 23.2 Å². The molecule has 1 amide bonds. The molecule has 2 saturated heterocycles. The Morgan fingerprint density at radius 2 is 1.97 bits per heavy atom. The Morgan fingerprint density at radius 3 is 2.69 bits per heavy atom. The Kier molecular flexibility index (Phi) is 6.21. The number of piperazine rings is 1. The fourth-order valence-corrected chi connectivity index (χ4v) is 3.60. The minimum absolute atomic E-state index is 0.109. The Labute approximate surface area is 171 Å². The van der Waals surface area contributed by atoms with Gasteiger partial charge in [-0.15, -0.1) is 0 Å². The number of hydrogen-bond acceptors (Lipinski definition) is 7. The number of anilines is 3. The molecule has 4 rings (SSSR count). The highest BCUT2D eigenvalue weighted by molar-refractivity contribution is 5.92. The molecule has 2 N–H and O–H groups in total. The van der Waals surface area contributed by atoms with Gasteiger partial charge < -0.3 is 25.2 Å². The summed E-state index contributed by atoms with van der Waals surface area (Å²) in [5.41, 5.74) is 2.45. The summed E-state index contributed by atoms with van der Waals surface area (Å²) in [6, 6.07) is 9.85. The van der Waals surface area contributed by atoms with Crippen molar-refractivity contribution < 1.29 is 9.53 Å². The Bertz CT molecular complexity index is 814. The smallest absolute Gasteiger partial charge is 0.270 e. The molecule has 0 spiro atoms. The van der Waals surface area contributed by atoms with Gasteiger partial charge in [-0.1, -0.05) is 0 Å². The van der Waals surface area contributed by atoms with Gasteiger partial charge in [0.2, 0.25) is 5.95 Å². The van der Waals surface area contributed by atoms with Crippen LogP contribution in [0.3, 0.4) is 0 Å². The monoisotopic (exact) mass is 396 g/mol. The fraction of sp³-hybridized carbons (Fsp3) is 0.476. The molecule has 2 aliphatic rings. The maximum absolute atomic E-state index is 12.4. The van der Waals surface area contributed by atoms with Crippen LogP contribution in [0.1, 0.15) is 23.3 Å². The minimum Gasteiger partial charge on any atom is -0.376 e. The Morgan fingerprint density at radius 1 is 1.17 bits per heavy atom. The zero-order valence-corrected chi connectivity index (χ0v) is 16.8. The Balaban J connectivity index is 1.34.